The van der Waals surface area contributed by atoms with Gasteiger partial charge >= 0.3 is 0 Å². The number of anilines is 1. The minimum absolute atomic E-state index is 0.0451. The van der Waals surface area contributed by atoms with E-state index in [1.54, 1.807) is 25.4 Å². The van der Waals surface area contributed by atoms with E-state index in [0.717, 1.165) is 25.7 Å². The minimum atomic E-state index is -3.52. The molecule has 0 bridgehead atoms. The van der Waals surface area contributed by atoms with E-state index in [4.69, 9.17) is 0 Å². The van der Waals surface area contributed by atoms with Gasteiger partial charge in [-0.2, -0.15) is 0 Å². The highest BCUT2D eigenvalue weighted by molar-refractivity contribution is 7.89. The summed E-state index contributed by atoms with van der Waals surface area (Å²) in [5.74, 6) is 0.831. The third-order valence-electron chi connectivity index (χ3n) is 4.04. The van der Waals surface area contributed by atoms with Crippen LogP contribution in [0, 0.1) is 5.92 Å². The van der Waals surface area contributed by atoms with Gasteiger partial charge in [-0.05, 0) is 30.9 Å². The van der Waals surface area contributed by atoms with Crippen molar-refractivity contribution < 1.29 is 8.42 Å². The number of nitrogens with zero attached hydrogens (tertiary/aromatic N) is 1. The maximum Gasteiger partial charge on any atom is 0.244 e. The number of hydrogen-bond donors (Lipinski definition) is 2. The first-order valence-electron chi connectivity index (χ1n) is 7.23. The van der Waals surface area contributed by atoms with Crippen LogP contribution in [0.25, 0.3) is 0 Å². The van der Waals surface area contributed by atoms with Gasteiger partial charge in [0.05, 0.1) is 0 Å². The van der Waals surface area contributed by atoms with Crippen LogP contribution in [-0.4, -0.2) is 26.5 Å². The molecule has 1 aromatic rings. The quantitative estimate of drug-likeness (QED) is 0.875. The Bertz CT molecular complexity index is 545. The van der Waals surface area contributed by atoms with E-state index in [1.807, 2.05) is 0 Å². The Kier molecular flexibility index (Phi) is 4.99. The lowest BCUT2D eigenvalue weighted by molar-refractivity contribution is 0.282. The molecule has 2 N–H and O–H groups in total. The van der Waals surface area contributed by atoms with Crippen LogP contribution in [-0.2, 0) is 10.0 Å². The molecule has 5 nitrogen and oxygen atoms in total. The van der Waals surface area contributed by atoms with Gasteiger partial charge in [-0.1, -0.05) is 26.2 Å². The Morgan fingerprint density at radius 1 is 1.35 bits per heavy atom. The van der Waals surface area contributed by atoms with Gasteiger partial charge in [-0.25, -0.2) is 18.1 Å². The van der Waals surface area contributed by atoms with Crippen molar-refractivity contribution in [3.8, 4) is 0 Å². The Labute approximate surface area is 121 Å². The normalized spacial score (nSPS) is 23.5. The molecule has 2 atom stereocenters. The zero-order chi connectivity index (χ0) is 14.6. The van der Waals surface area contributed by atoms with Gasteiger partial charge in [-0.15, -0.1) is 0 Å². The lowest BCUT2D eigenvalue weighted by atomic mass is 9.83. The molecule has 1 saturated carbocycles. The Balaban J connectivity index is 2.22. The smallest absolute Gasteiger partial charge is 0.244 e. The first kappa shape index (κ1) is 15.3. The lowest BCUT2D eigenvalue weighted by Crippen LogP contribution is -2.42. The monoisotopic (exact) mass is 297 g/mol. The molecule has 6 heteroatoms. The average molecular weight is 297 g/mol. The Hall–Kier alpha value is -1.14. The number of hydrogen-bond acceptors (Lipinski definition) is 4. The average Bonchev–Trinajstić information content (AvgIpc) is 2.47. The summed E-state index contributed by atoms with van der Waals surface area (Å²) >= 11 is 0. The van der Waals surface area contributed by atoms with Crippen LogP contribution in [0.2, 0.25) is 0 Å². The molecule has 1 fully saturated rings. The fourth-order valence-corrected chi connectivity index (χ4v) is 4.41. The van der Waals surface area contributed by atoms with Crippen molar-refractivity contribution in [2.75, 3.05) is 12.4 Å². The van der Waals surface area contributed by atoms with Gasteiger partial charge in [0.25, 0.3) is 0 Å². The summed E-state index contributed by atoms with van der Waals surface area (Å²) in [5.41, 5.74) is 0. The Morgan fingerprint density at radius 2 is 2.10 bits per heavy atom. The predicted molar refractivity (Wildman–Crippen MR) is 80.1 cm³/mol. The van der Waals surface area contributed by atoms with Crippen LogP contribution < -0.4 is 10.0 Å². The second-order valence-corrected chi connectivity index (χ2v) is 6.96. The highest BCUT2D eigenvalue weighted by atomic mass is 32.2. The van der Waals surface area contributed by atoms with Crippen LogP contribution in [0.1, 0.15) is 39.0 Å². The molecule has 1 heterocycles. The number of sulfonamides is 1. The molecule has 1 aliphatic carbocycles. The molecule has 0 amide bonds. The van der Waals surface area contributed by atoms with E-state index in [0.29, 0.717) is 11.7 Å². The molecule has 1 aromatic heterocycles. The molecule has 2 unspecified atom stereocenters. The third kappa shape index (κ3) is 3.30. The molecule has 0 radical (unpaired) electrons. The molecule has 0 aromatic carbocycles. The van der Waals surface area contributed by atoms with E-state index < -0.39 is 10.0 Å². The summed E-state index contributed by atoms with van der Waals surface area (Å²) in [7, 11) is -1.84. The van der Waals surface area contributed by atoms with Crippen molar-refractivity contribution in [3.63, 3.8) is 0 Å². The molecule has 1 aliphatic rings. The van der Waals surface area contributed by atoms with Crippen LogP contribution in [0.3, 0.4) is 0 Å². The van der Waals surface area contributed by atoms with Gasteiger partial charge in [0.15, 0.2) is 0 Å². The van der Waals surface area contributed by atoms with Crippen molar-refractivity contribution >= 4 is 15.8 Å². The number of pyridine rings is 1. The lowest BCUT2D eigenvalue weighted by Gasteiger charge is -2.31. The maximum absolute atomic E-state index is 12.6. The highest BCUT2D eigenvalue weighted by Gasteiger charge is 2.29. The van der Waals surface area contributed by atoms with Crippen molar-refractivity contribution in [3.05, 3.63) is 18.3 Å². The highest BCUT2D eigenvalue weighted by Crippen LogP contribution is 2.28. The zero-order valence-corrected chi connectivity index (χ0v) is 12.9. The summed E-state index contributed by atoms with van der Waals surface area (Å²) in [5, 5.41) is 2.83. The summed E-state index contributed by atoms with van der Waals surface area (Å²) in [6.45, 7) is 2.13. The van der Waals surface area contributed by atoms with Gasteiger partial charge in [0, 0.05) is 19.3 Å². The fraction of sp³-hybridized carbons (Fsp3) is 0.643. The maximum atomic E-state index is 12.6. The summed E-state index contributed by atoms with van der Waals surface area (Å²) in [6, 6.07) is 3.28. The molecule has 0 saturated heterocycles. The first-order chi connectivity index (χ1) is 9.58. The number of rotatable bonds is 5. The summed E-state index contributed by atoms with van der Waals surface area (Å²) in [4.78, 5) is 4.29. The van der Waals surface area contributed by atoms with Gasteiger partial charge in [-0.3, -0.25) is 0 Å². The Morgan fingerprint density at radius 3 is 2.80 bits per heavy atom. The van der Waals surface area contributed by atoms with Crippen molar-refractivity contribution in [1.29, 1.82) is 0 Å². The largest absolute Gasteiger partial charge is 0.372 e. The van der Waals surface area contributed by atoms with Crippen LogP contribution in [0.15, 0.2) is 23.2 Å². The fourth-order valence-electron chi connectivity index (χ4n) is 2.91. The minimum Gasteiger partial charge on any atom is -0.372 e. The van der Waals surface area contributed by atoms with E-state index >= 15 is 0 Å². The second kappa shape index (κ2) is 6.54. The molecular formula is C14H23N3O2S. The van der Waals surface area contributed by atoms with E-state index in [9.17, 15) is 8.42 Å². The summed E-state index contributed by atoms with van der Waals surface area (Å²) < 4.78 is 28.0. The first-order valence-corrected chi connectivity index (χ1v) is 8.72. The number of aromatic nitrogens is 1. The zero-order valence-electron chi connectivity index (χ0n) is 12.1. The molecule has 2 rings (SSSR count). The van der Waals surface area contributed by atoms with Crippen LogP contribution in [0.5, 0.6) is 0 Å². The van der Waals surface area contributed by atoms with Gasteiger partial charge in [0.2, 0.25) is 10.0 Å². The van der Waals surface area contributed by atoms with Crippen molar-refractivity contribution in [2.45, 2.75) is 50.0 Å². The number of nitrogens with one attached hydrogen (secondary N) is 2. The molecular weight excluding hydrogens is 274 g/mol. The molecule has 20 heavy (non-hydrogen) atoms. The van der Waals surface area contributed by atoms with Gasteiger partial charge in [0.1, 0.15) is 10.7 Å². The topological polar surface area (TPSA) is 71.1 Å². The van der Waals surface area contributed by atoms with E-state index in [-0.39, 0.29) is 10.9 Å². The second-order valence-electron chi connectivity index (χ2n) is 5.28. The predicted octanol–water partition coefficient (Wildman–Crippen LogP) is 2.37. The van der Waals surface area contributed by atoms with Crippen LogP contribution >= 0.6 is 0 Å². The standard InChI is InChI=1S/C14H23N3O2S/c1-3-11-7-4-5-8-12(11)17-20(18,19)13-9-6-10-16-14(13)15-2/h6,9-12,17H,3-5,7-8H2,1-2H3,(H,15,16). The molecule has 0 spiro atoms. The van der Waals surface area contributed by atoms with Gasteiger partial charge < -0.3 is 5.32 Å². The summed E-state index contributed by atoms with van der Waals surface area (Å²) in [6.07, 6.45) is 6.92. The third-order valence-corrected chi connectivity index (χ3v) is 5.56. The molecule has 0 aliphatic heterocycles. The van der Waals surface area contributed by atoms with Crippen molar-refractivity contribution in [2.24, 2.45) is 5.92 Å². The van der Waals surface area contributed by atoms with Crippen molar-refractivity contribution in [1.82, 2.24) is 9.71 Å². The van der Waals surface area contributed by atoms with Crippen LogP contribution in [0.4, 0.5) is 5.82 Å². The van der Waals surface area contributed by atoms with E-state index in [2.05, 4.69) is 21.9 Å². The van der Waals surface area contributed by atoms with E-state index in [1.165, 1.54) is 6.42 Å². The molecule has 112 valence electrons. The SMILES string of the molecule is CCC1CCCCC1NS(=O)(=O)c1cccnc1NC.